The molecule has 3 aromatic rings. The molecule has 0 radical (unpaired) electrons. The zero-order chi connectivity index (χ0) is 18.2. The van der Waals surface area contributed by atoms with E-state index in [-0.39, 0.29) is 5.91 Å². The molecule has 0 aliphatic carbocycles. The van der Waals surface area contributed by atoms with Gasteiger partial charge in [-0.25, -0.2) is 9.97 Å². The van der Waals surface area contributed by atoms with Gasteiger partial charge in [-0.05, 0) is 24.1 Å². The van der Waals surface area contributed by atoms with E-state index >= 15 is 0 Å². The minimum absolute atomic E-state index is 0.202. The molecule has 1 N–H and O–H groups in total. The molecule has 6 heteroatoms. The van der Waals surface area contributed by atoms with Crippen molar-refractivity contribution in [2.24, 2.45) is 0 Å². The van der Waals surface area contributed by atoms with E-state index in [1.54, 1.807) is 24.8 Å². The Morgan fingerprint density at radius 3 is 2.38 bits per heavy atom. The van der Waals surface area contributed by atoms with Crippen molar-refractivity contribution in [2.75, 3.05) is 11.4 Å². The van der Waals surface area contributed by atoms with Gasteiger partial charge in [0.25, 0.3) is 5.91 Å². The van der Waals surface area contributed by atoms with Crippen LogP contribution in [0.3, 0.4) is 0 Å². The Morgan fingerprint density at radius 1 is 1.00 bits per heavy atom. The van der Waals surface area contributed by atoms with Crippen molar-refractivity contribution in [1.29, 1.82) is 0 Å². The lowest BCUT2D eigenvalue weighted by Gasteiger charge is -2.20. The number of carbonyl (C=O) groups excluding carboxylic acids is 1. The van der Waals surface area contributed by atoms with Gasteiger partial charge in [-0.2, -0.15) is 0 Å². The molecule has 1 amide bonds. The molecule has 26 heavy (non-hydrogen) atoms. The Labute approximate surface area is 153 Å². The lowest BCUT2D eigenvalue weighted by atomic mass is 10.2. The van der Waals surface area contributed by atoms with E-state index in [0.717, 1.165) is 18.7 Å². The second-order valence-corrected chi connectivity index (χ2v) is 5.82. The summed E-state index contributed by atoms with van der Waals surface area (Å²) in [7, 11) is 0. The molecule has 0 fully saturated rings. The van der Waals surface area contributed by atoms with Crippen molar-refractivity contribution in [3.05, 3.63) is 83.9 Å². The van der Waals surface area contributed by atoms with Crippen molar-refractivity contribution in [2.45, 2.75) is 20.0 Å². The Kier molecular flexibility index (Phi) is 5.88. The van der Waals surface area contributed by atoms with E-state index in [9.17, 15) is 4.79 Å². The van der Waals surface area contributed by atoms with Gasteiger partial charge in [0, 0.05) is 44.4 Å². The van der Waals surface area contributed by atoms with Crippen molar-refractivity contribution < 1.29 is 4.79 Å². The van der Waals surface area contributed by atoms with Crippen molar-refractivity contribution in [3.8, 4) is 0 Å². The van der Waals surface area contributed by atoms with E-state index in [4.69, 9.17) is 0 Å². The van der Waals surface area contributed by atoms with Crippen molar-refractivity contribution >= 4 is 11.9 Å². The average Bonchev–Trinajstić information content (AvgIpc) is 2.72. The lowest BCUT2D eigenvalue weighted by Crippen LogP contribution is -2.26. The number of nitrogens with one attached hydrogen (secondary N) is 1. The summed E-state index contributed by atoms with van der Waals surface area (Å²) in [4.78, 5) is 27.1. The molecule has 0 unspecified atom stereocenters. The third-order valence-electron chi connectivity index (χ3n) is 3.96. The number of aromatic nitrogens is 3. The standard InChI is InChI=1S/C20H21N5O/c1-2-25(15-16-7-4-3-5-8-16)20-23-13-18(14-24-20)19(26)22-12-17-9-6-10-21-11-17/h3-11,13-14H,2,12,15H2,1H3,(H,22,26). The first-order valence-electron chi connectivity index (χ1n) is 8.54. The molecule has 0 aliphatic rings. The molecule has 3 rings (SSSR count). The fourth-order valence-electron chi connectivity index (χ4n) is 2.52. The second-order valence-electron chi connectivity index (χ2n) is 5.82. The molecule has 2 heterocycles. The predicted octanol–water partition coefficient (Wildman–Crippen LogP) is 2.83. The Morgan fingerprint density at radius 2 is 1.73 bits per heavy atom. The summed E-state index contributed by atoms with van der Waals surface area (Å²) in [5.41, 5.74) is 2.57. The highest BCUT2D eigenvalue weighted by Gasteiger charge is 2.11. The number of hydrogen-bond acceptors (Lipinski definition) is 5. The van der Waals surface area contributed by atoms with Gasteiger partial charge in [0.05, 0.1) is 5.56 Å². The summed E-state index contributed by atoms with van der Waals surface area (Å²) >= 11 is 0. The molecule has 0 aliphatic heterocycles. The number of benzene rings is 1. The molecule has 1 aromatic carbocycles. The van der Waals surface area contributed by atoms with Crippen LogP contribution >= 0.6 is 0 Å². The fourth-order valence-corrected chi connectivity index (χ4v) is 2.52. The maximum absolute atomic E-state index is 12.2. The fraction of sp³-hybridized carbons (Fsp3) is 0.200. The predicted molar refractivity (Wildman–Crippen MR) is 101 cm³/mol. The summed E-state index contributed by atoms with van der Waals surface area (Å²) in [6, 6.07) is 13.9. The lowest BCUT2D eigenvalue weighted by molar-refractivity contribution is 0.0950. The minimum Gasteiger partial charge on any atom is -0.348 e. The Balaban J connectivity index is 1.62. The van der Waals surface area contributed by atoms with Gasteiger partial charge in [-0.3, -0.25) is 9.78 Å². The molecule has 0 saturated carbocycles. The molecular formula is C20H21N5O. The monoisotopic (exact) mass is 347 g/mol. The van der Waals surface area contributed by atoms with Gasteiger partial charge >= 0.3 is 0 Å². The number of anilines is 1. The number of amides is 1. The van der Waals surface area contributed by atoms with E-state index in [1.807, 2.05) is 30.3 Å². The molecule has 0 bridgehead atoms. The van der Waals surface area contributed by atoms with E-state index < -0.39 is 0 Å². The molecule has 6 nitrogen and oxygen atoms in total. The summed E-state index contributed by atoms with van der Waals surface area (Å²) in [6.45, 7) is 3.98. The maximum Gasteiger partial charge on any atom is 0.254 e. The minimum atomic E-state index is -0.202. The maximum atomic E-state index is 12.2. The highest BCUT2D eigenvalue weighted by atomic mass is 16.1. The smallest absolute Gasteiger partial charge is 0.254 e. The van der Waals surface area contributed by atoms with E-state index in [2.05, 4.69) is 44.2 Å². The van der Waals surface area contributed by atoms with Gasteiger partial charge < -0.3 is 10.2 Å². The van der Waals surface area contributed by atoms with Crippen LogP contribution < -0.4 is 10.2 Å². The van der Waals surface area contributed by atoms with E-state index in [0.29, 0.717) is 18.1 Å². The number of carbonyl (C=O) groups is 1. The molecule has 132 valence electrons. The first-order valence-corrected chi connectivity index (χ1v) is 8.54. The largest absolute Gasteiger partial charge is 0.348 e. The van der Waals surface area contributed by atoms with Crippen molar-refractivity contribution in [3.63, 3.8) is 0 Å². The summed E-state index contributed by atoms with van der Waals surface area (Å²) in [5, 5.41) is 2.85. The van der Waals surface area contributed by atoms with Crippen LogP contribution in [0.2, 0.25) is 0 Å². The number of nitrogens with zero attached hydrogens (tertiary/aromatic N) is 4. The zero-order valence-electron chi connectivity index (χ0n) is 14.7. The summed E-state index contributed by atoms with van der Waals surface area (Å²) in [5.74, 6) is 0.409. The van der Waals surface area contributed by atoms with Crippen LogP contribution in [-0.4, -0.2) is 27.4 Å². The zero-order valence-corrected chi connectivity index (χ0v) is 14.7. The first-order chi connectivity index (χ1) is 12.8. The average molecular weight is 347 g/mol. The normalized spacial score (nSPS) is 10.3. The van der Waals surface area contributed by atoms with Crippen LogP contribution in [0.4, 0.5) is 5.95 Å². The molecule has 0 atom stereocenters. The molecule has 0 spiro atoms. The Bertz CT molecular complexity index is 822. The third-order valence-corrected chi connectivity index (χ3v) is 3.96. The quantitative estimate of drug-likeness (QED) is 0.712. The number of pyridine rings is 1. The van der Waals surface area contributed by atoms with Gasteiger partial charge in [-0.1, -0.05) is 36.4 Å². The SMILES string of the molecule is CCN(Cc1ccccc1)c1ncc(C(=O)NCc2cccnc2)cn1. The topological polar surface area (TPSA) is 71.0 Å². The summed E-state index contributed by atoms with van der Waals surface area (Å²) < 4.78 is 0. The number of hydrogen-bond donors (Lipinski definition) is 1. The molecule has 0 saturated heterocycles. The Hall–Kier alpha value is -3.28. The molecular weight excluding hydrogens is 326 g/mol. The van der Waals surface area contributed by atoms with Crippen LogP contribution in [0, 0.1) is 0 Å². The molecule has 2 aromatic heterocycles. The second kappa shape index (κ2) is 8.71. The van der Waals surface area contributed by atoms with Crippen LogP contribution in [0.1, 0.15) is 28.4 Å². The van der Waals surface area contributed by atoms with Gasteiger partial charge in [-0.15, -0.1) is 0 Å². The van der Waals surface area contributed by atoms with Gasteiger partial charge in [0.2, 0.25) is 5.95 Å². The van der Waals surface area contributed by atoms with E-state index in [1.165, 1.54) is 5.56 Å². The summed E-state index contributed by atoms with van der Waals surface area (Å²) in [6.07, 6.45) is 6.55. The highest BCUT2D eigenvalue weighted by Crippen LogP contribution is 2.12. The van der Waals surface area contributed by atoms with Crippen LogP contribution in [-0.2, 0) is 13.1 Å². The van der Waals surface area contributed by atoms with Crippen molar-refractivity contribution in [1.82, 2.24) is 20.3 Å². The van der Waals surface area contributed by atoms with Gasteiger partial charge in [0.15, 0.2) is 0 Å². The van der Waals surface area contributed by atoms with Crippen LogP contribution in [0.25, 0.3) is 0 Å². The third kappa shape index (κ3) is 4.63. The van der Waals surface area contributed by atoms with Crippen LogP contribution in [0.5, 0.6) is 0 Å². The first kappa shape index (κ1) is 17.5. The van der Waals surface area contributed by atoms with Crippen LogP contribution in [0.15, 0.2) is 67.3 Å². The van der Waals surface area contributed by atoms with Gasteiger partial charge in [0.1, 0.15) is 0 Å². The number of rotatable bonds is 7. The highest BCUT2D eigenvalue weighted by molar-refractivity contribution is 5.93.